The highest BCUT2D eigenvalue weighted by atomic mass is 35.5. The molecule has 0 aliphatic carbocycles. The lowest BCUT2D eigenvalue weighted by Gasteiger charge is -2.44. The van der Waals surface area contributed by atoms with E-state index < -0.39 is 0 Å². The van der Waals surface area contributed by atoms with Crippen molar-refractivity contribution in [2.24, 2.45) is 5.92 Å². The third kappa shape index (κ3) is 2.06. The summed E-state index contributed by atoms with van der Waals surface area (Å²) in [7, 11) is 0. The fraction of sp³-hybridized carbons (Fsp3) is 0.467. The van der Waals surface area contributed by atoms with Gasteiger partial charge in [-0.25, -0.2) is 0 Å². The lowest BCUT2D eigenvalue weighted by molar-refractivity contribution is 0.0973. The largest absolute Gasteiger partial charge is 0.362 e. The van der Waals surface area contributed by atoms with E-state index in [-0.39, 0.29) is 0 Å². The van der Waals surface area contributed by atoms with Crippen LogP contribution in [0.5, 0.6) is 0 Å². The van der Waals surface area contributed by atoms with Crippen LogP contribution in [0.1, 0.15) is 18.4 Å². The van der Waals surface area contributed by atoms with Crippen LogP contribution in [0, 0.1) is 17.2 Å². The lowest BCUT2D eigenvalue weighted by Crippen LogP contribution is -2.53. The normalized spacial score (nSPS) is 27.7. The first-order valence-electron chi connectivity index (χ1n) is 7.23. The molecular weight excluding hydrogens is 288 g/mol. The van der Waals surface area contributed by atoms with Gasteiger partial charge < -0.3 is 14.7 Å². The Morgan fingerprint density at radius 3 is 2.86 bits per heavy atom. The molecule has 2 bridgehead atoms. The van der Waals surface area contributed by atoms with E-state index in [4.69, 9.17) is 16.1 Å². The first-order valence-corrected chi connectivity index (χ1v) is 7.61. The van der Waals surface area contributed by atoms with Gasteiger partial charge in [0.15, 0.2) is 11.4 Å². The van der Waals surface area contributed by atoms with Crippen LogP contribution in [0.3, 0.4) is 0 Å². The van der Waals surface area contributed by atoms with Gasteiger partial charge in [0.2, 0.25) is 0 Å². The molecule has 1 aromatic carbocycles. The van der Waals surface area contributed by atoms with Crippen LogP contribution in [0.25, 0.3) is 11.0 Å². The van der Waals surface area contributed by atoms with E-state index in [0.717, 1.165) is 17.7 Å². The number of halogens is 1. The van der Waals surface area contributed by atoms with Crippen molar-refractivity contribution in [3.8, 4) is 6.07 Å². The second kappa shape index (κ2) is 4.90. The van der Waals surface area contributed by atoms with Crippen molar-refractivity contribution in [2.75, 3.05) is 25.0 Å². The van der Waals surface area contributed by atoms with E-state index in [1.807, 2.05) is 6.07 Å². The van der Waals surface area contributed by atoms with Gasteiger partial charge >= 0.3 is 0 Å². The van der Waals surface area contributed by atoms with E-state index in [2.05, 4.69) is 21.4 Å². The molecule has 3 fully saturated rings. The number of benzene rings is 1. The summed E-state index contributed by atoms with van der Waals surface area (Å²) >= 11 is 6.02. The maximum Gasteiger partial charge on any atom is 0.188 e. The summed E-state index contributed by atoms with van der Waals surface area (Å²) in [4.78, 5) is 2.48. The summed E-state index contributed by atoms with van der Waals surface area (Å²) in [5.74, 6) is 1.42. The number of aromatic nitrogens is 1. The molecule has 2 aromatic rings. The standard InChI is InChI=1S/C15H15ClN4O/c16-12-2-1-10-14(11(12)7-17)21-19-15(10)18-13-8-20-5-3-9(13)4-6-20/h1-2,9,13H,3-6,8H2,(H,18,19)/t13-/m0/s1. The zero-order valence-electron chi connectivity index (χ0n) is 11.5. The molecular formula is C15H15ClN4O. The molecule has 1 atom stereocenters. The molecule has 1 N–H and O–H groups in total. The van der Waals surface area contributed by atoms with E-state index in [1.165, 1.54) is 25.9 Å². The minimum Gasteiger partial charge on any atom is -0.362 e. The van der Waals surface area contributed by atoms with Crippen molar-refractivity contribution in [3.05, 3.63) is 22.7 Å². The van der Waals surface area contributed by atoms with Gasteiger partial charge in [-0.15, -0.1) is 0 Å². The summed E-state index contributed by atoms with van der Waals surface area (Å²) in [5.41, 5.74) is 0.817. The van der Waals surface area contributed by atoms with Crippen LogP contribution in [0.2, 0.25) is 5.02 Å². The molecule has 5 nitrogen and oxygen atoms in total. The minimum atomic E-state index is 0.351. The SMILES string of the molecule is N#Cc1c(Cl)ccc2c(N[C@H]3CN4CCC3CC4)noc12. The van der Waals surface area contributed by atoms with Gasteiger partial charge in [-0.3, -0.25) is 0 Å². The maximum atomic E-state index is 9.18. The number of rotatable bonds is 2. The van der Waals surface area contributed by atoms with Crippen LogP contribution in [0.4, 0.5) is 5.82 Å². The molecule has 0 amide bonds. The van der Waals surface area contributed by atoms with Gasteiger partial charge in [0, 0.05) is 12.6 Å². The summed E-state index contributed by atoms with van der Waals surface area (Å²) in [6.07, 6.45) is 2.48. The Morgan fingerprint density at radius 2 is 2.19 bits per heavy atom. The Hall–Kier alpha value is -1.77. The van der Waals surface area contributed by atoms with Crippen LogP contribution >= 0.6 is 11.6 Å². The van der Waals surface area contributed by atoms with Crippen LogP contribution in [-0.2, 0) is 0 Å². The number of fused-ring (bicyclic) bond motifs is 4. The third-order valence-corrected chi connectivity index (χ3v) is 5.00. The highest BCUT2D eigenvalue weighted by Crippen LogP contribution is 2.34. The van der Waals surface area contributed by atoms with Crippen molar-refractivity contribution in [1.29, 1.82) is 5.26 Å². The smallest absolute Gasteiger partial charge is 0.188 e. The van der Waals surface area contributed by atoms with Gasteiger partial charge in [-0.05, 0) is 44.0 Å². The second-order valence-electron chi connectivity index (χ2n) is 5.83. The van der Waals surface area contributed by atoms with Crippen molar-refractivity contribution in [2.45, 2.75) is 18.9 Å². The molecule has 0 radical (unpaired) electrons. The molecule has 1 aromatic heterocycles. The Labute approximate surface area is 127 Å². The Morgan fingerprint density at radius 1 is 1.38 bits per heavy atom. The Balaban J connectivity index is 1.67. The van der Waals surface area contributed by atoms with Crippen molar-refractivity contribution >= 4 is 28.4 Å². The number of hydrogen-bond acceptors (Lipinski definition) is 5. The highest BCUT2D eigenvalue weighted by Gasteiger charge is 2.34. The predicted octanol–water partition coefficient (Wildman–Crippen LogP) is 2.86. The van der Waals surface area contributed by atoms with Crippen molar-refractivity contribution < 1.29 is 4.52 Å². The molecule has 4 heterocycles. The van der Waals surface area contributed by atoms with Crippen LogP contribution in [0.15, 0.2) is 16.7 Å². The third-order valence-electron chi connectivity index (χ3n) is 4.68. The molecule has 6 heteroatoms. The molecule has 5 rings (SSSR count). The number of hydrogen-bond donors (Lipinski definition) is 1. The molecule has 0 saturated carbocycles. The van der Waals surface area contributed by atoms with E-state index in [1.54, 1.807) is 6.07 Å². The lowest BCUT2D eigenvalue weighted by atomic mass is 9.84. The fourth-order valence-corrected chi connectivity index (χ4v) is 3.68. The second-order valence-corrected chi connectivity index (χ2v) is 6.24. The van der Waals surface area contributed by atoms with Crippen LogP contribution < -0.4 is 5.32 Å². The minimum absolute atomic E-state index is 0.351. The van der Waals surface area contributed by atoms with Gasteiger partial charge in [0.25, 0.3) is 0 Å². The van der Waals surface area contributed by atoms with E-state index in [0.29, 0.717) is 28.1 Å². The molecule has 3 aliphatic rings. The monoisotopic (exact) mass is 302 g/mol. The molecule has 108 valence electrons. The van der Waals surface area contributed by atoms with Crippen LogP contribution in [-0.4, -0.2) is 35.7 Å². The first kappa shape index (κ1) is 12.9. The van der Waals surface area contributed by atoms with Gasteiger partial charge in [-0.2, -0.15) is 5.26 Å². The van der Waals surface area contributed by atoms with Crippen molar-refractivity contribution in [3.63, 3.8) is 0 Å². The quantitative estimate of drug-likeness (QED) is 0.924. The zero-order valence-corrected chi connectivity index (χ0v) is 12.2. The van der Waals surface area contributed by atoms with Gasteiger partial charge in [0.05, 0.1) is 10.4 Å². The topological polar surface area (TPSA) is 65.1 Å². The number of anilines is 1. The number of nitriles is 1. The summed E-state index contributed by atoms with van der Waals surface area (Å²) < 4.78 is 5.34. The fourth-order valence-electron chi connectivity index (χ4n) is 3.49. The maximum absolute atomic E-state index is 9.18. The predicted molar refractivity (Wildman–Crippen MR) is 80.3 cm³/mol. The average Bonchev–Trinajstić information content (AvgIpc) is 2.91. The Bertz CT molecular complexity index is 727. The molecule has 0 unspecified atom stereocenters. The zero-order chi connectivity index (χ0) is 14.4. The van der Waals surface area contributed by atoms with E-state index >= 15 is 0 Å². The number of nitrogens with one attached hydrogen (secondary N) is 1. The molecule has 3 aliphatic heterocycles. The van der Waals surface area contributed by atoms with Crippen molar-refractivity contribution in [1.82, 2.24) is 10.1 Å². The van der Waals surface area contributed by atoms with Gasteiger partial charge in [-0.1, -0.05) is 16.8 Å². The van der Waals surface area contributed by atoms with E-state index in [9.17, 15) is 5.26 Å². The number of piperidine rings is 3. The average molecular weight is 303 g/mol. The highest BCUT2D eigenvalue weighted by molar-refractivity contribution is 6.32. The van der Waals surface area contributed by atoms with Gasteiger partial charge in [0.1, 0.15) is 11.6 Å². The number of nitrogens with zero attached hydrogens (tertiary/aromatic N) is 3. The summed E-state index contributed by atoms with van der Waals surface area (Å²) in [5, 5.41) is 18.0. The molecule has 21 heavy (non-hydrogen) atoms. The first-order chi connectivity index (χ1) is 10.3. The summed E-state index contributed by atoms with van der Waals surface area (Å²) in [6, 6.07) is 6.07. The Kier molecular flexibility index (Phi) is 3.02. The molecule has 3 saturated heterocycles. The summed E-state index contributed by atoms with van der Waals surface area (Å²) in [6.45, 7) is 3.46. The molecule has 0 spiro atoms.